The van der Waals surface area contributed by atoms with Gasteiger partial charge in [0.25, 0.3) is 0 Å². The van der Waals surface area contributed by atoms with Crippen LogP contribution in [0.5, 0.6) is 0 Å². The van der Waals surface area contributed by atoms with E-state index in [1.165, 1.54) is 7.11 Å². The van der Waals surface area contributed by atoms with Crippen LogP contribution in [0.15, 0.2) is 17.0 Å². The van der Waals surface area contributed by atoms with Crippen molar-refractivity contribution in [2.75, 3.05) is 13.7 Å². The first kappa shape index (κ1) is 17.8. The van der Waals surface area contributed by atoms with E-state index in [0.29, 0.717) is 6.42 Å². The molecular weight excluding hydrogens is 325 g/mol. The van der Waals surface area contributed by atoms with Gasteiger partial charge in [0.05, 0.1) is 12.2 Å². The third-order valence-corrected chi connectivity index (χ3v) is 4.44. The SMILES string of the molecule is CCC(COC)NS(=O)(=O)c1cc(Cl)cc(C(=O)O)c1F. The zero-order valence-corrected chi connectivity index (χ0v) is 13.0. The second kappa shape index (κ2) is 7.17. The van der Waals surface area contributed by atoms with Crippen LogP contribution in [0, 0.1) is 5.82 Å². The molecule has 0 spiro atoms. The van der Waals surface area contributed by atoms with Gasteiger partial charge in [-0.2, -0.15) is 0 Å². The lowest BCUT2D eigenvalue weighted by atomic mass is 10.2. The van der Waals surface area contributed by atoms with Crippen molar-refractivity contribution in [1.29, 1.82) is 0 Å². The smallest absolute Gasteiger partial charge is 0.338 e. The maximum atomic E-state index is 14.0. The first-order chi connectivity index (χ1) is 9.72. The lowest BCUT2D eigenvalue weighted by Gasteiger charge is -2.17. The summed E-state index contributed by atoms with van der Waals surface area (Å²) in [5.41, 5.74) is -0.803. The van der Waals surface area contributed by atoms with Gasteiger partial charge < -0.3 is 9.84 Å². The van der Waals surface area contributed by atoms with Gasteiger partial charge in [-0.1, -0.05) is 18.5 Å². The second-order valence-corrected chi connectivity index (χ2v) is 6.37. The van der Waals surface area contributed by atoms with Crippen molar-refractivity contribution in [3.8, 4) is 0 Å². The molecule has 1 aromatic rings. The van der Waals surface area contributed by atoms with Gasteiger partial charge in [0.15, 0.2) is 5.82 Å². The predicted octanol–water partition coefficient (Wildman–Crippen LogP) is 1.88. The van der Waals surface area contributed by atoms with E-state index in [1.54, 1.807) is 6.92 Å². The van der Waals surface area contributed by atoms with E-state index in [9.17, 15) is 17.6 Å². The van der Waals surface area contributed by atoms with Crippen LogP contribution in [0.25, 0.3) is 0 Å². The first-order valence-corrected chi connectivity index (χ1v) is 7.82. The highest BCUT2D eigenvalue weighted by Crippen LogP contribution is 2.24. The molecule has 6 nitrogen and oxygen atoms in total. The molecule has 0 aromatic heterocycles. The van der Waals surface area contributed by atoms with E-state index in [1.807, 2.05) is 0 Å². The summed E-state index contributed by atoms with van der Waals surface area (Å²) in [6.45, 7) is 1.83. The standard InChI is InChI=1S/C12H15ClFNO5S/c1-3-8(6-20-2)15-21(18,19)10-5-7(13)4-9(11(10)14)12(16)17/h4-5,8,15H,3,6H2,1-2H3,(H,16,17). The highest BCUT2D eigenvalue weighted by atomic mass is 35.5. The van der Waals surface area contributed by atoms with Crippen LogP contribution in [0.2, 0.25) is 5.02 Å². The maximum Gasteiger partial charge on any atom is 0.338 e. The van der Waals surface area contributed by atoms with Gasteiger partial charge in [-0.05, 0) is 18.6 Å². The number of carboxylic acid groups (broad SMARTS) is 1. The summed E-state index contributed by atoms with van der Waals surface area (Å²) in [7, 11) is -2.85. The molecule has 21 heavy (non-hydrogen) atoms. The van der Waals surface area contributed by atoms with Crippen molar-refractivity contribution in [3.05, 3.63) is 28.5 Å². The van der Waals surface area contributed by atoms with Crippen molar-refractivity contribution >= 4 is 27.6 Å². The molecule has 0 fully saturated rings. The lowest BCUT2D eigenvalue weighted by molar-refractivity contribution is 0.0691. The molecule has 0 bridgehead atoms. The summed E-state index contributed by atoms with van der Waals surface area (Å²) in [5.74, 6) is -2.96. The van der Waals surface area contributed by atoms with Crippen molar-refractivity contribution < 1.29 is 27.4 Å². The van der Waals surface area contributed by atoms with Crippen LogP contribution in [-0.4, -0.2) is 39.3 Å². The number of methoxy groups -OCH3 is 1. The van der Waals surface area contributed by atoms with Crippen molar-refractivity contribution in [2.45, 2.75) is 24.3 Å². The van der Waals surface area contributed by atoms with Gasteiger partial charge in [0.1, 0.15) is 4.90 Å². The van der Waals surface area contributed by atoms with Crippen molar-refractivity contribution in [2.24, 2.45) is 0 Å². The van der Waals surface area contributed by atoms with E-state index in [2.05, 4.69) is 4.72 Å². The summed E-state index contributed by atoms with van der Waals surface area (Å²) in [6, 6.07) is 1.15. The number of carboxylic acids is 1. The highest BCUT2D eigenvalue weighted by molar-refractivity contribution is 7.89. The van der Waals surface area contributed by atoms with Gasteiger partial charge in [0, 0.05) is 18.2 Å². The molecule has 1 aromatic carbocycles. The Kier molecular flexibility index (Phi) is 6.09. The molecule has 2 N–H and O–H groups in total. The van der Waals surface area contributed by atoms with Crippen molar-refractivity contribution in [3.63, 3.8) is 0 Å². The number of benzene rings is 1. The Bertz CT molecular complexity index is 635. The number of halogens is 2. The van der Waals surface area contributed by atoms with Gasteiger partial charge >= 0.3 is 5.97 Å². The predicted molar refractivity (Wildman–Crippen MR) is 74.6 cm³/mol. The molecular formula is C12H15ClFNO5S. The minimum Gasteiger partial charge on any atom is -0.478 e. The summed E-state index contributed by atoms with van der Waals surface area (Å²) >= 11 is 5.66. The zero-order valence-electron chi connectivity index (χ0n) is 11.4. The molecule has 0 radical (unpaired) electrons. The Balaban J connectivity index is 3.28. The number of rotatable bonds is 7. The van der Waals surface area contributed by atoms with Crippen molar-refractivity contribution in [1.82, 2.24) is 4.72 Å². The molecule has 9 heteroatoms. The first-order valence-electron chi connectivity index (χ1n) is 5.96. The zero-order chi connectivity index (χ0) is 16.2. The van der Waals surface area contributed by atoms with E-state index in [4.69, 9.17) is 21.4 Å². The molecule has 0 aliphatic rings. The van der Waals surface area contributed by atoms with E-state index >= 15 is 0 Å². The largest absolute Gasteiger partial charge is 0.478 e. The Hall–Kier alpha value is -1.22. The fraction of sp³-hybridized carbons (Fsp3) is 0.417. The average Bonchev–Trinajstić information content (AvgIpc) is 2.39. The Labute approximate surface area is 126 Å². The number of aromatic carboxylic acids is 1. The van der Waals surface area contributed by atoms with Gasteiger partial charge in [-0.15, -0.1) is 0 Å². The molecule has 0 aliphatic heterocycles. The summed E-state index contributed by atoms with van der Waals surface area (Å²) in [4.78, 5) is 10.1. The number of nitrogens with one attached hydrogen (secondary N) is 1. The minimum atomic E-state index is -4.26. The van der Waals surface area contributed by atoms with Gasteiger partial charge in [-0.25, -0.2) is 22.3 Å². The Morgan fingerprint density at radius 2 is 2.14 bits per heavy atom. The molecule has 0 heterocycles. The van der Waals surface area contributed by atoms with Crippen LogP contribution in [0.3, 0.4) is 0 Å². The van der Waals surface area contributed by atoms with Gasteiger partial charge in [-0.3, -0.25) is 0 Å². The molecule has 0 aliphatic carbocycles. The molecule has 118 valence electrons. The van der Waals surface area contributed by atoms with Crippen LogP contribution in [-0.2, 0) is 14.8 Å². The highest BCUT2D eigenvalue weighted by Gasteiger charge is 2.27. The minimum absolute atomic E-state index is 0.101. The molecule has 1 rings (SSSR count). The van der Waals surface area contributed by atoms with E-state index in [-0.39, 0.29) is 11.6 Å². The quantitative estimate of drug-likeness (QED) is 0.791. The number of hydrogen-bond donors (Lipinski definition) is 2. The van der Waals surface area contributed by atoms with Crippen LogP contribution in [0.1, 0.15) is 23.7 Å². The third-order valence-electron chi connectivity index (χ3n) is 2.71. The molecule has 0 saturated heterocycles. The molecule has 0 amide bonds. The number of carbonyl (C=O) groups is 1. The summed E-state index contributed by atoms with van der Waals surface area (Å²) < 4.78 is 45.5. The van der Waals surface area contributed by atoms with Gasteiger partial charge in [0.2, 0.25) is 10.0 Å². The Morgan fingerprint density at radius 1 is 1.52 bits per heavy atom. The monoisotopic (exact) mass is 339 g/mol. The molecule has 0 saturated carbocycles. The number of sulfonamides is 1. The number of ether oxygens (including phenoxy) is 1. The second-order valence-electron chi connectivity index (χ2n) is 4.25. The fourth-order valence-electron chi connectivity index (χ4n) is 1.63. The third kappa shape index (κ3) is 4.37. The van der Waals surface area contributed by atoms with E-state index < -0.39 is 38.3 Å². The van der Waals surface area contributed by atoms with Crippen LogP contribution >= 0.6 is 11.6 Å². The van der Waals surface area contributed by atoms with E-state index in [0.717, 1.165) is 12.1 Å². The fourth-order valence-corrected chi connectivity index (χ4v) is 3.35. The topological polar surface area (TPSA) is 92.7 Å². The summed E-state index contributed by atoms with van der Waals surface area (Å²) in [5, 5.41) is 8.67. The lowest BCUT2D eigenvalue weighted by Crippen LogP contribution is -2.38. The molecule has 1 atom stereocenters. The summed E-state index contributed by atoms with van der Waals surface area (Å²) in [6.07, 6.45) is 0.418. The number of hydrogen-bond acceptors (Lipinski definition) is 4. The average molecular weight is 340 g/mol. The Morgan fingerprint density at radius 3 is 2.62 bits per heavy atom. The maximum absolute atomic E-state index is 14.0. The normalized spacial score (nSPS) is 13.1. The molecule has 1 unspecified atom stereocenters. The van der Waals surface area contributed by atoms with Crippen LogP contribution < -0.4 is 4.72 Å². The van der Waals surface area contributed by atoms with Crippen LogP contribution in [0.4, 0.5) is 4.39 Å².